The van der Waals surface area contributed by atoms with E-state index in [1.54, 1.807) is 20.8 Å². The molecule has 0 radical (unpaired) electrons. The van der Waals surface area contributed by atoms with Crippen LogP contribution in [-0.2, 0) is 23.8 Å². The van der Waals surface area contributed by atoms with E-state index in [4.69, 9.17) is 9.84 Å². The van der Waals surface area contributed by atoms with Gasteiger partial charge in [0.25, 0.3) is 5.69 Å². The predicted octanol–water partition coefficient (Wildman–Crippen LogP) is 0.712. The van der Waals surface area contributed by atoms with Crippen molar-refractivity contribution in [2.75, 3.05) is 6.61 Å². The minimum Gasteiger partial charge on any atom is -0.444 e. The number of nitrogens with zero attached hydrogens (tertiary/aromatic N) is 1. The summed E-state index contributed by atoms with van der Waals surface area (Å²) in [4.78, 5) is 32.8. The second-order valence-electron chi connectivity index (χ2n) is 5.99. The molecule has 1 aromatic rings. The molecule has 0 aromatic heterocycles. The highest BCUT2D eigenvalue weighted by Crippen LogP contribution is 2.18. The fourth-order valence-corrected chi connectivity index (χ4v) is 2.48. The summed E-state index contributed by atoms with van der Waals surface area (Å²) in [5.74, 6) is -1.45. The Morgan fingerprint density at radius 1 is 1.27 bits per heavy atom. The molecular formula is C14H18N2O9S. The number of carbonyl (C=O) groups excluding carboxylic acids is 2. The van der Waals surface area contributed by atoms with Crippen LogP contribution in [0.5, 0.6) is 0 Å². The molecule has 0 saturated heterocycles. The lowest BCUT2D eigenvalue weighted by Crippen LogP contribution is -2.46. The Kier molecular flexibility index (Phi) is 6.64. The molecule has 1 atom stereocenters. The molecule has 0 spiro atoms. The first-order chi connectivity index (χ1) is 11.9. The van der Waals surface area contributed by atoms with E-state index in [2.05, 4.69) is 4.18 Å². The number of carbonyl (C=O) groups is 2. The minimum absolute atomic E-state index is 0.352. The molecule has 144 valence electrons. The van der Waals surface area contributed by atoms with Gasteiger partial charge in [0.15, 0.2) is 6.04 Å². The Balaban J connectivity index is 2.85. The largest absolute Gasteiger partial charge is 0.444 e. The maximum absolute atomic E-state index is 12.0. The van der Waals surface area contributed by atoms with Crippen molar-refractivity contribution >= 4 is 27.9 Å². The van der Waals surface area contributed by atoms with Crippen LogP contribution < -0.4 is 5.32 Å². The lowest BCUT2D eigenvalue weighted by Gasteiger charge is -2.21. The zero-order valence-electron chi connectivity index (χ0n) is 14.2. The molecule has 1 rings (SSSR count). The Hall–Kier alpha value is -2.73. The van der Waals surface area contributed by atoms with Gasteiger partial charge >= 0.3 is 22.2 Å². The van der Waals surface area contributed by atoms with Gasteiger partial charge in [-0.05, 0) is 32.9 Å². The smallest absolute Gasteiger partial charge is 0.408 e. The van der Waals surface area contributed by atoms with Gasteiger partial charge in [0.05, 0.1) is 11.5 Å². The first-order valence-electron chi connectivity index (χ1n) is 7.19. The van der Waals surface area contributed by atoms with Crippen LogP contribution in [0.1, 0.15) is 20.8 Å². The van der Waals surface area contributed by atoms with Crippen LogP contribution in [-0.4, -0.2) is 48.8 Å². The average Bonchev–Trinajstić information content (AvgIpc) is 2.50. The maximum atomic E-state index is 12.0. The van der Waals surface area contributed by atoms with Crippen molar-refractivity contribution in [2.24, 2.45) is 0 Å². The van der Waals surface area contributed by atoms with Crippen molar-refractivity contribution in [2.45, 2.75) is 37.3 Å². The van der Waals surface area contributed by atoms with E-state index in [1.807, 2.05) is 5.32 Å². The number of rotatable bonds is 6. The third kappa shape index (κ3) is 6.29. The summed E-state index contributed by atoms with van der Waals surface area (Å²) in [6.45, 7) is 3.77. The number of aliphatic hydroxyl groups is 1. The monoisotopic (exact) mass is 390 g/mol. The normalized spacial score (nSPS) is 12.8. The number of nitro groups is 1. The fourth-order valence-electron chi connectivity index (χ4n) is 1.58. The molecule has 0 heterocycles. The Bertz CT molecular complexity index is 782. The number of alkyl carbamates (subject to hydrolysis) is 1. The fraction of sp³-hybridized carbons (Fsp3) is 0.429. The van der Waals surface area contributed by atoms with E-state index < -0.39 is 50.2 Å². The van der Waals surface area contributed by atoms with E-state index in [0.717, 1.165) is 24.3 Å². The summed E-state index contributed by atoms with van der Waals surface area (Å²) in [5.41, 5.74) is -1.23. The summed E-state index contributed by atoms with van der Waals surface area (Å²) >= 11 is 0. The van der Waals surface area contributed by atoms with Crippen LogP contribution in [0.15, 0.2) is 29.2 Å². The van der Waals surface area contributed by atoms with E-state index in [-0.39, 0.29) is 5.69 Å². The van der Waals surface area contributed by atoms with Gasteiger partial charge in [0.2, 0.25) is 0 Å². The Morgan fingerprint density at radius 2 is 1.81 bits per heavy atom. The zero-order valence-corrected chi connectivity index (χ0v) is 15.0. The molecule has 11 nitrogen and oxygen atoms in total. The van der Waals surface area contributed by atoms with Gasteiger partial charge in [-0.15, -0.1) is 0 Å². The zero-order chi connectivity index (χ0) is 20.1. The molecule has 0 bridgehead atoms. The number of hydrogen-bond acceptors (Lipinski definition) is 9. The minimum atomic E-state index is -4.60. The van der Waals surface area contributed by atoms with Gasteiger partial charge < -0.3 is 19.3 Å². The Labute approximate surface area is 149 Å². The third-order valence-corrected chi connectivity index (χ3v) is 3.92. The number of non-ortho nitro benzene ring substituents is 1. The highest BCUT2D eigenvalue weighted by Gasteiger charge is 2.29. The summed E-state index contributed by atoms with van der Waals surface area (Å²) in [7, 11) is -4.60. The van der Waals surface area contributed by atoms with E-state index >= 15 is 0 Å². The number of hydrogen-bond donors (Lipinski definition) is 2. The van der Waals surface area contributed by atoms with Crippen LogP contribution in [0, 0.1) is 10.1 Å². The summed E-state index contributed by atoms with van der Waals surface area (Å²) in [6.07, 6.45) is -1.05. The summed E-state index contributed by atoms with van der Waals surface area (Å²) in [6, 6.07) is 1.93. The molecule has 1 aromatic carbocycles. The van der Waals surface area contributed by atoms with Crippen molar-refractivity contribution in [3.05, 3.63) is 34.4 Å². The molecule has 0 aliphatic heterocycles. The molecule has 0 unspecified atom stereocenters. The van der Waals surface area contributed by atoms with Crippen molar-refractivity contribution in [1.29, 1.82) is 0 Å². The lowest BCUT2D eigenvalue weighted by molar-refractivity contribution is -0.384. The first kappa shape index (κ1) is 21.3. The third-order valence-electron chi connectivity index (χ3n) is 2.69. The Morgan fingerprint density at radius 3 is 2.23 bits per heavy atom. The molecule has 26 heavy (non-hydrogen) atoms. The van der Waals surface area contributed by atoms with Crippen LogP contribution >= 0.6 is 0 Å². The van der Waals surface area contributed by atoms with Gasteiger partial charge in [-0.25, -0.2) is 9.59 Å². The van der Waals surface area contributed by atoms with Crippen molar-refractivity contribution < 1.29 is 37.0 Å². The summed E-state index contributed by atoms with van der Waals surface area (Å²) < 4.78 is 33.3. The lowest BCUT2D eigenvalue weighted by atomic mass is 10.2. The molecule has 12 heteroatoms. The molecule has 0 aliphatic carbocycles. The molecule has 0 saturated carbocycles. The van der Waals surface area contributed by atoms with Crippen molar-refractivity contribution in [3.8, 4) is 0 Å². The highest BCUT2D eigenvalue weighted by atomic mass is 32.2. The number of ether oxygens (including phenoxy) is 1. The topological polar surface area (TPSA) is 162 Å². The van der Waals surface area contributed by atoms with Gasteiger partial charge in [-0.1, -0.05) is 0 Å². The number of nitrogens with one attached hydrogen (secondary N) is 1. The number of nitro benzene ring substituents is 1. The van der Waals surface area contributed by atoms with Crippen LogP contribution in [0.25, 0.3) is 0 Å². The molecule has 2 N–H and O–H groups in total. The van der Waals surface area contributed by atoms with Crippen molar-refractivity contribution in [1.82, 2.24) is 5.32 Å². The molecule has 1 amide bonds. The van der Waals surface area contributed by atoms with Crippen LogP contribution in [0.3, 0.4) is 0 Å². The SMILES string of the molecule is CC(C)(C)OC(=O)N[C@@H](CO)C(=O)OS(=O)(=O)c1ccc([N+](=O)[O-])cc1. The number of benzene rings is 1. The standard InChI is InChI=1S/C14H18N2O9S/c1-14(2,3)24-13(19)15-11(8-17)12(18)25-26(22,23)10-6-4-9(5-7-10)16(20)21/h4-7,11,17H,8H2,1-3H3,(H,15,19)/t11-/m0/s1. The number of aliphatic hydroxyl groups excluding tert-OH is 1. The van der Waals surface area contributed by atoms with Crippen LogP contribution in [0.2, 0.25) is 0 Å². The highest BCUT2D eigenvalue weighted by molar-refractivity contribution is 7.87. The number of amides is 1. The second-order valence-corrected chi connectivity index (χ2v) is 7.54. The first-order valence-corrected chi connectivity index (χ1v) is 8.59. The summed E-state index contributed by atoms with van der Waals surface area (Å²) in [5, 5.41) is 21.7. The molecule has 0 aliphatic rings. The van der Waals surface area contributed by atoms with E-state index in [9.17, 15) is 28.1 Å². The van der Waals surface area contributed by atoms with Gasteiger partial charge in [0.1, 0.15) is 10.5 Å². The van der Waals surface area contributed by atoms with Gasteiger partial charge in [-0.3, -0.25) is 10.1 Å². The van der Waals surface area contributed by atoms with Gasteiger partial charge in [0, 0.05) is 12.1 Å². The quantitative estimate of drug-likeness (QED) is 0.404. The molecule has 0 fully saturated rings. The van der Waals surface area contributed by atoms with Gasteiger partial charge in [-0.2, -0.15) is 8.42 Å². The van der Waals surface area contributed by atoms with E-state index in [0.29, 0.717) is 0 Å². The van der Waals surface area contributed by atoms with Crippen LogP contribution in [0.4, 0.5) is 10.5 Å². The molecular weight excluding hydrogens is 372 g/mol. The predicted molar refractivity (Wildman–Crippen MR) is 86.6 cm³/mol. The van der Waals surface area contributed by atoms with Crippen molar-refractivity contribution in [3.63, 3.8) is 0 Å². The second kappa shape index (κ2) is 8.10. The van der Waals surface area contributed by atoms with E-state index in [1.165, 1.54) is 0 Å². The maximum Gasteiger partial charge on any atom is 0.408 e. The average molecular weight is 390 g/mol.